The average molecular weight is 378 g/mol. The molecule has 1 fully saturated rings. The second-order valence-corrected chi connectivity index (χ2v) is 5.90. The van der Waals surface area contributed by atoms with Gasteiger partial charge in [0.25, 0.3) is 5.91 Å². The van der Waals surface area contributed by atoms with Crippen molar-refractivity contribution in [3.8, 4) is 5.75 Å². The molecule has 0 atom stereocenters. The van der Waals surface area contributed by atoms with Crippen molar-refractivity contribution < 1.29 is 28.4 Å². The summed E-state index contributed by atoms with van der Waals surface area (Å²) in [5, 5.41) is 1.16. The highest BCUT2D eigenvalue weighted by molar-refractivity contribution is 6.33. The van der Waals surface area contributed by atoms with Crippen molar-refractivity contribution in [1.29, 1.82) is 0 Å². The highest BCUT2D eigenvalue weighted by Crippen LogP contribution is 2.30. The Kier molecular flexibility index (Phi) is 4.52. The van der Waals surface area contributed by atoms with Crippen molar-refractivity contribution in [2.24, 2.45) is 0 Å². The first-order chi connectivity index (χ1) is 12.3. The van der Waals surface area contributed by atoms with Crippen molar-refractivity contribution >= 4 is 40.4 Å². The fraction of sp³-hybridized carbons (Fsp3) is 0.176. The van der Waals surface area contributed by atoms with Crippen LogP contribution >= 0.6 is 11.6 Å². The Bertz CT molecular complexity index is 1010. The number of hydrogen-bond acceptors (Lipinski definition) is 7. The quantitative estimate of drug-likeness (QED) is 0.460. The molecule has 3 rings (SSSR count). The number of carbonyl (C=O) groups excluding carboxylic acids is 3. The zero-order valence-corrected chi connectivity index (χ0v) is 14.3. The Hall–Kier alpha value is -3.13. The molecule has 0 bridgehead atoms. The van der Waals surface area contributed by atoms with Gasteiger partial charge in [0.15, 0.2) is 5.75 Å². The van der Waals surface area contributed by atoms with E-state index in [2.05, 4.69) is 6.58 Å². The van der Waals surface area contributed by atoms with Gasteiger partial charge < -0.3 is 14.0 Å². The first-order valence-electron chi connectivity index (χ1n) is 7.45. The van der Waals surface area contributed by atoms with Crippen molar-refractivity contribution in [2.75, 3.05) is 0 Å². The zero-order valence-electron chi connectivity index (χ0n) is 13.5. The van der Waals surface area contributed by atoms with E-state index in [-0.39, 0.29) is 22.8 Å². The molecule has 0 unspecified atom stereocenters. The molecule has 1 amide bonds. The molecule has 0 radical (unpaired) electrons. The lowest BCUT2D eigenvalue weighted by atomic mass is 10.2. The summed E-state index contributed by atoms with van der Waals surface area (Å²) in [4.78, 5) is 52.0. The molecule has 2 heterocycles. The number of amides is 1. The second kappa shape index (κ2) is 6.64. The summed E-state index contributed by atoms with van der Waals surface area (Å²) in [6, 6.07) is 3.85. The summed E-state index contributed by atoms with van der Waals surface area (Å²) in [5.74, 6) is -2.06. The minimum Gasteiger partial charge on any atom is -0.425 e. The van der Waals surface area contributed by atoms with Crippen molar-refractivity contribution in [1.82, 2.24) is 5.06 Å². The Morgan fingerprint density at radius 1 is 1.23 bits per heavy atom. The van der Waals surface area contributed by atoms with E-state index in [9.17, 15) is 19.2 Å². The number of fused-ring (bicyclic) bond motifs is 1. The number of carbonyl (C=O) groups is 3. The topological polar surface area (TPSA) is 103 Å². The van der Waals surface area contributed by atoms with Gasteiger partial charge in [-0.15, -0.1) is 5.06 Å². The van der Waals surface area contributed by atoms with E-state index in [1.165, 1.54) is 25.1 Å². The third kappa shape index (κ3) is 3.31. The largest absolute Gasteiger partial charge is 0.425 e. The average Bonchev–Trinajstić information content (AvgIpc) is 2.87. The van der Waals surface area contributed by atoms with Gasteiger partial charge in [-0.05, 0) is 18.6 Å². The van der Waals surface area contributed by atoms with Gasteiger partial charge in [-0.3, -0.25) is 9.59 Å². The molecule has 8 nitrogen and oxygen atoms in total. The summed E-state index contributed by atoms with van der Waals surface area (Å²) >= 11 is 6.02. The standard InChI is InChI=1S/C17H12ClNO7/c1-8-3-4-15(21)19(8)26-17(23)11-5-10-6-12(18)14(24-9(2)20)7-13(10)25-16(11)22/h5-7H,1,3-4H2,2H3. The molecule has 2 aromatic rings. The number of ether oxygens (including phenoxy) is 1. The summed E-state index contributed by atoms with van der Waals surface area (Å²) in [6.07, 6.45) is 0.542. The monoisotopic (exact) mass is 377 g/mol. The molecule has 0 N–H and O–H groups in total. The van der Waals surface area contributed by atoms with Gasteiger partial charge in [-0.25, -0.2) is 9.59 Å². The van der Waals surface area contributed by atoms with Crippen LogP contribution in [0, 0.1) is 0 Å². The van der Waals surface area contributed by atoms with Crippen molar-refractivity contribution in [3.05, 3.63) is 51.5 Å². The van der Waals surface area contributed by atoms with E-state index in [1.54, 1.807) is 0 Å². The molecular formula is C17H12ClNO7. The third-order valence-electron chi connectivity index (χ3n) is 3.58. The van der Waals surface area contributed by atoms with Crippen LogP contribution in [0.25, 0.3) is 11.0 Å². The number of benzene rings is 1. The summed E-state index contributed by atoms with van der Waals surface area (Å²) in [7, 11) is 0. The number of hydrogen-bond donors (Lipinski definition) is 0. The SMILES string of the molecule is C=C1CCC(=O)N1OC(=O)c1cc2cc(Cl)c(OC(C)=O)cc2oc1=O. The molecular weight excluding hydrogens is 366 g/mol. The minimum atomic E-state index is -1.06. The van der Waals surface area contributed by atoms with Gasteiger partial charge in [0, 0.05) is 24.8 Å². The van der Waals surface area contributed by atoms with Crippen LogP contribution in [-0.2, 0) is 14.4 Å². The molecule has 0 aliphatic carbocycles. The van der Waals surface area contributed by atoms with Crippen LogP contribution in [0.1, 0.15) is 30.1 Å². The Labute approximate surface area is 151 Å². The van der Waals surface area contributed by atoms with Gasteiger partial charge in [0.05, 0.1) is 10.7 Å². The molecule has 0 saturated carbocycles. The normalized spacial score (nSPS) is 14.0. The Morgan fingerprint density at radius 2 is 1.96 bits per heavy atom. The van der Waals surface area contributed by atoms with Crippen LogP contribution in [0.4, 0.5) is 0 Å². The van der Waals surface area contributed by atoms with E-state index in [1.807, 2.05) is 0 Å². The van der Waals surface area contributed by atoms with Crippen LogP contribution in [-0.4, -0.2) is 22.9 Å². The third-order valence-corrected chi connectivity index (χ3v) is 3.87. The lowest BCUT2D eigenvalue weighted by molar-refractivity contribution is -0.153. The van der Waals surface area contributed by atoms with E-state index < -0.39 is 29.0 Å². The molecule has 0 spiro atoms. The second-order valence-electron chi connectivity index (χ2n) is 5.49. The smallest absolute Gasteiger partial charge is 0.371 e. The zero-order chi connectivity index (χ0) is 19.0. The molecule has 1 aromatic heterocycles. The first kappa shape index (κ1) is 17.7. The summed E-state index contributed by atoms with van der Waals surface area (Å²) in [5.41, 5.74) is -1.01. The Balaban J connectivity index is 1.97. The van der Waals surface area contributed by atoms with Crippen LogP contribution in [0.5, 0.6) is 5.75 Å². The number of halogens is 1. The molecule has 1 saturated heterocycles. The molecule has 1 aromatic carbocycles. The maximum absolute atomic E-state index is 12.2. The number of rotatable bonds is 3. The Morgan fingerprint density at radius 3 is 2.58 bits per heavy atom. The fourth-order valence-corrected chi connectivity index (χ4v) is 2.58. The van der Waals surface area contributed by atoms with E-state index in [0.29, 0.717) is 17.5 Å². The fourth-order valence-electron chi connectivity index (χ4n) is 2.37. The lowest BCUT2D eigenvalue weighted by Crippen LogP contribution is -2.29. The van der Waals surface area contributed by atoms with Gasteiger partial charge in [-0.2, -0.15) is 0 Å². The molecule has 1 aliphatic heterocycles. The molecule has 1 aliphatic rings. The predicted octanol–water partition coefficient (Wildman–Crippen LogP) is 2.58. The molecule has 9 heteroatoms. The van der Waals surface area contributed by atoms with E-state index in [0.717, 1.165) is 5.06 Å². The van der Waals surface area contributed by atoms with Gasteiger partial charge in [-0.1, -0.05) is 18.2 Å². The van der Waals surface area contributed by atoms with E-state index in [4.69, 9.17) is 25.6 Å². The first-order valence-corrected chi connectivity index (χ1v) is 7.83. The highest BCUT2D eigenvalue weighted by atomic mass is 35.5. The van der Waals surface area contributed by atoms with E-state index >= 15 is 0 Å². The number of allylic oxidation sites excluding steroid dienone is 1. The van der Waals surface area contributed by atoms with Crippen LogP contribution in [0.2, 0.25) is 5.02 Å². The predicted molar refractivity (Wildman–Crippen MR) is 89.4 cm³/mol. The lowest BCUT2D eigenvalue weighted by Gasteiger charge is -2.15. The number of hydroxylamine groups is 2. The maximum Gasteiger partial charge on any atom is 0.371 e. The molecule has 134 valence electrons. The van der Waals surface area contributed by atoms with Crippen LogP contribution in [0.15, 0.2) is 39.7 Å². The van der Waals surface area contributed by atoms with Gasteiger partial charge in [0.1, 0.15) is 11.1 Å². The van der Waals surface area contributed by atoms with Gasteiger partial charge in [0.2, 0.25) is 0 Å². The highest BCUT2D eigenvalue weighted by Gasteiger charge is 2.30. The maximum atomic E-state index is 12.2. The summed E-state index contributed by atoms with van der Waals surface area (Å²) < 4.78 is 9.98. The summed E-state index contributed by atoms with van der Waals surface area (Å²) in [6.45, 7) is 4.82. The number of esters is 1. The van der Waals surface area contributed by atoms with Crippen LogP contribution < -0.4 is 10.4 Å². The number of nitrogens with zero attached hydrogens (tertiary/aromatic N) is 1. The van der Waals surface area contributed by atoms with Crippen molar-refractivity contribution in [2.45, 2.75) is 19.8 Å². The van der Waals surface area contributed by atoms with Gasteiger partial charge >= 0.3 is 17.6 Å². The van der Waals surface area contributed by atoms with Crippen LogP contribution in [0.3, 0.4) is 0 Å². The minimum absolute atomic E-state index is 0.0177. The van der Waals surface area contributed by atoms with Crippen molar-refractivity contribution in [3.63, 3.8) is 0 Å². The molecule has 26 heavy (non-hydrogen) atoms.